The minimum absolute atomic E-state index is 0.00781. The standard InChI is InChI=1S/C23H27F3N2O/c1-15(2)28(22(29)17-9-7-16(3)8-10-17)14-19-12-27-13-21(19)18-5-4-6-20(11-18)23(24,25)26/h4-11,15,19,21,27H,12-14H2,1-3H3. The predicted molar refractivity (Wildman–Crippen MR) is 108 cm³/mol. The maximum absolute atomic E-state index is 13.1. The molecule has 0 aromatic heterocycles. The second-order valence-electron chi connectivity index (χ2n) is 8.07. The zero-order valence-corrected chi connectivity index (χ0v) is 17.0. The van der Waals surface area contributed by atoms with Crippen molar-refractivity contribution < 1.29 is 18.0 Å². The van der Waals surface area contributed by atoms with Crippen molar-refractivity contribution in [2.24, 2.45) is 5.92 Å². The summed E-state index contributed by atoms with van der Waals surface area (Å²) in [4.78, 5) is 14.9. The molecule has 1 fully saturated rings. The Morgan fingerprint density at radius 3 is 2.45 bits per heavy atom. The third-order valence-electron chi connectivity index (χ3n) is 5.60. The van der Waals surface area contributed by atoms with Gasteiger partial charge in [0.2, 0.25) is 0 Å². The number of rotatable bonds is 5. The largest absolute Gasteiger partial charge is 0.416 e. The molecule has 1 saturated heterocycles. The summed E-state index contributed by atoms with van der Waals surface area (Å²) in [5, 5.41) is 3.29. The Morgan fingerprint density at radius 2 is 1.83 bits per heavy atom. The first-order chi connectivity index (χ1) is 13.7. The number of carbonyl (C=O) groups excluding carboxylic acids is 1. The van der Waals surface area contributed by atoms with Crippen LogP contribution in [0.3, 0.4) is 0 Å². The van der Waals surface area contributed by atoms with Gasteiger partial charge in [0.1, 0.15) is 0 Å². The summed E-state index contributed by atoms with van der Waals surface area (Å²) < 4.78 is 39.4. The van der Waals surface area contributed by atoms with Gasteiger partial charge in [-0.3, -0.25) is 4.79 Å². The number of hydrogen-bond acceptors (Lipinski definition) is 2. The molecule has 1 amide bonds. The monoisotopic (exact) mass is 404 g/mol. The van der Waals surface area contributed by atoms with Gasteiger partial charge in [-0.1, -0.05) is 35.9 Å². The van der Waals surface area contributed by atoms with Crippen molar-refractivity contribution in [2.75, 3.05) is 19.6 Å². The van der Waals surface area contributed by atoms with Gasteiger partial charge in [0.05, 0.1) is 5.56 Å². The van der Waals surface area contributed by atoms with Crippen molar-refractivity contribution in [1.82, 2.24) is 10.2 Å². The van der Waals surface area contributed by atoms with Gasteiger partial charge in [-0.05, 0) is 50.5 Å². The van der Waals surface area contributed by atoms with Crippen molar-refractivity contribution >= 4 is 5.91 Å². The lowest BCUT2D eigenvalue weighted by Gasteiger charge is -2.32. The highest BCUT2D eigenvalue weighted by atomic mass is 19.4. The van der Waals surface area contributed by atoms with Crippen LogP contribution in [0.4, 0.5) is 13.2 Å². The number of alkyl halides is 3. The summed E-state index contributed by atoms with van der Waals surface area (Å²) in [5.74, 6) is -0.0608. The molecule has 0 aliphatic carbocycles. The van der Waals surface area contributed by atoms with Crippen molar-refractivity contribution in [3.63, 3.8) is 0 Å². The highest BCUT2D eigenvalue weighted by Gasteiger charge is 2.35. The van der Waals surface area contributed by atoms with Crippen LogP contribution in [0.5, 0.6) is 0 Å². The van der Waals surface area contributed by atoms with E-state index < -0.39 is 11.7 Å². The lowest BCUT2D eigenvalue weighted by Crippen LogP contribution is -2.41. The topological polar surface area (TPSA) is 32.3 Å². The van der Waals surface area contributed by atoms with Crippen LogP contribution in [0.25, 0.3) is 0 Å². The first kappa shape index (κ1) is 21.4. The highest BCUT2D eigenvalue weighted by Crippen LogP contribution is 2.34. The van der Waals surface area contributed by atoms with Gasteiger partial charge in [-0.2, -0.15) is 13.2 Å². The molecule has 1 aliphatic rings. The predicted octanol–water partition coefficient (Wildman–Crippen LogP) is 4.87. The van der Waals surface area contributed by atoms with E-state index >= 15 is 0 Å². The number of aryl methyl sites for hydroxylation is 1. The molecular formula is C23H27F3N2O. The van der Waals surface area contributed by atoms with E-state index in [0.717, 1.165) is 11.6 Å². The van der Waals surface area contributed by atoms with E-state index in [1.165, 1.54) is 12.1 Å². The molecule has 2 unspecified atom stereocenters. The molecule has 3 nitrogen and oxygen atoms in total. The Labute approximate surface area is 169 Å². The first-order valence-corrected chi connectivity index (χ1v) is 9.92. The Hall–Kier alpha value is -2.34. The van der Waals surface area contributed by atoms with Crippen LogP contribution in [0.1, 0.15) is 46.8 Å². The molecule has 6 heteroatoms. The Morgan fingerprint density at radius 1 is 1.14 bits per heavy atom. The van der Waals surface area contributed by atoms with E-state index in [9.17, 15) is 18.0 Å². The van der Waals surface area contributed by atoms with Crippen LogP contribution in [0, 0.1) is 12.8 Å². The number of amides is 1. The minimum Gasteiger partial charge on any atom is -0.336 e. The lowest BCUT2D eigenvalue weighted by molar-refractivity contribution is -0.137. The van der Waals surface area contributed by atoms with E-state index in [-0.39, 0.29) is 23.8 Å². The van der Waals surface area contributed by atoms with E-state index in [4.69, 9.17) is 0 Å². The molecule has 0 spiro atoms. The SMILES string of the molecule is Cc1ccc(C(=O)N(CC2CNCC2c2cccc(C(F)(F)F)c2)C(C)C)cc1. The van der Waals surface area contributed by atoms with Gasteiger partial charge in [-0.15, -0.1) is 0 Å². The molecule has 1 aliphatic heterocycles. The average molecular weight is 404 g/mol. The van der Waals surface area contributed by atoms with Crippen LogP contribution in [0.2, 0.25) is 0 Å². The van der Waals surface area contributed by atoms with Crippen LogP contribution in [-0.4, -0.2) is 36.5 Å². The second-order valence-corrected chi connectivity index (χ2v) is 8.07. The number of nitrogens with one attached hydrogen (secondary N) is 1. The van der Waals surface area contributed by atoms with Crippen molar-refractivity contribution in [3.8, 4) is 0 Å². The maximum Gasteiger partial charge on any atom is 0.416 e. The smallest absolute Gasteiger partial charge is 0.336 e. The average Bonchev–Trinajstić information content (AvgIpc) is 3.14. The van der Waals surface area contributed by atoms with E-state index in [1.807, 2.05) is 49.9 Å². The summed E-state index contributed by atoms with van der Waals surface area (Å²) in [6, 6.07) is 13.0. The quantitative estimate of drug-likeness (QED) is 0.771. The lowest BCUT2D eigenvalue weighted by atomic mass is 9.87. The third-order valence-corrected chi connectivity index (χ3v) is 5.60. The Balaban J connectivity index is 1.81. The summed E-state index contributed by atoms with van der Waals surface area (Å²) in [7, 11) is 0. The molecule has 1 N–H and O–H groups in total. The van der Waals surface area contributed by atoms with Crippen molar-refractivity contribution in [2.45, 2.75) is 38.9 Å². The Bertz CT molecular complexity index is 846. The zero-order valence-electron chi connectivity index (χ0n) is 17.0. The van der Waals surface area contributed by atoms with Crippen molar-refractivity contribution in [3.05, 3.63) is 70.8 Å². The zero-order chi connectivity index (χ0) is 21.2. The second kappa shape index (κ2) is 8.57. The number of hydrogen-bond donors (Lipinski definition) is 1. The number of carbonyl (C=O) groups is 1. The molecule has 0 bridgehead atoms. The molecule has 156 valence electrons. The maximum atomic E-state index is 13.1. The number of nitrogens with zero attached hydrogens (tertiary/aromatic N) is 1. The fraction of sp³-hybridized carbons (Fsp3) is 0.435. The molecule has 2 aromatic rings. The molecular weight excluding hydrogens is 377 g/mol. The van der Waals surface area contributed by atoms with E-state index in [2.05, 4.69) is 5.32 Å². The van der Waals surface area contributed by atoms with E-state index in [1.54, 1.807) is 6.07 Å². The molecule has 1 heterocycles. The molecule has 2 aromatic carbocycles. The van der Waals surface area contributed by atoms with Gasteiger partial charge in [0, 0.05) is 37.2 Å². The fourth-order valence-electron chi connectivity index (χ4n) is 3.90. The van der Waals surface area contributed by atoms with Crippen LogP contribution in [0.15, 0.2) is 48.5 Å². The van der Waals surface area contributed by atoms with Gasteiger partial charge in [0.15, 0.2) is 0 Å². The van der Waals surface area contributed by atoms with Gasteiger partial charge in [0.25, 0.3) is 5.91 Å². The summed E-state index contributed by atoms with van der Waals surface area (Å²) >= 11 is 0. The van der Waals surface area contributed by atoms with Gasteiger partial charge in [-0.25, -0.2) is 0 Å². The first-order valence-electron chi connectivity index (χ1n) is 9.92. The molecule has 0 saturated carbocycles. The summed E-state index contributed by atoms with van der Waals surface area (Å²) in [6.07, 6.45) is -4.36. The number of benzene rings is 2. The number of halogens is 3. The van der Waals surface area contributed by atoms with E-state index in [0.29, 0.717) is 30.8 Å². The highest BCUT2D eigenvalue weighted by molar-refractivity contribution is 5.94. The van der Waals surface area contributed by atoms with Crippen LogP contribution < -0.4 is 5.32 Å². The third kappa shape index (κ3) is 4.99. The van der Waals surface area contributed by atoms with Crippen molar-refractivity contribution in [1.29, 1.82) is 0 Å². The molecule has 0 radical (unpaired) electrons. The summed E-state index contributed by atoms with van der Waals surface area (Å²) in [6.45, 7) is 7.68. The molecule has 3 rings (SSSR count). The summed E-state index contributed by atoms with van der Waals surface area (Å²) in [5.41, 5.74) is 1.76. The molecule has 2 atom stereocenters. The Kier molecular flexibility index (Phi) is 6.32. The minimum atomic E-state index is -4.36. The van der Waals surface area contributed by atoms with Crippen LogP contribution in [-0.2, 0) is 6.18 Å². The fourth-order valence-corrected chi connectivity index (χ4v) is 3.90. The van der Waals surface area contributed by atoms with Crippen LogP contribution >= 0.6 is 0 Å². The normalized spacial score (nSPS) is 19.6. The van der Waals surface area contributed by atoms with Gasteiger partial charge < -0.3 is 10.2 Å². The molecule has 29 heavy (non-hydrogen) atoms. The van der Waals surface area contributed by atoms with Gasteiger partial charge >= 0.3 is 6.18 Å².